The molecule has 3 nitrogen and oxygen atoms in total. The molecule has 1 atom stereocenters. The van der Waals surface area contributed by atoms with Crippen molar-refractivity contribution in [2.75, 3.05) is 0 Å². The lowest BCUT2D eigenvalue weighted by atomic mass is 9.92. The van der Waals surface area contributed by atoms with Crippen molar-refractivity contribution in [2.45, 2.75) is 45.1 Å². The van der Waals surface area contributed by atoms with Crippen LogP contribution < -0.4 is 5.32 Å². The van der Waals surface area contributed by atoms with E-state index in [-0.39, 0.29) is 11.9 Å². The fourth-order valence-corrected chi connectivity index (χ4v) is 2.24. The number of rotatable bonds is 3. The van der Waals surface area contributed by atoms with Crippen LogP contribution in [0.5, 0.6) is 0 Å². The van der Waals surface area contributed by atoms with Gasteiger partial charge in [-0.05, 0) is 37.3 Å². The molecule has 1 aliphatic rings. The van der Waals surface area contributed by atoms with Crippen LogP contribution in [0.2, 0.25) is 0 Å². The minimum atomic E-state index is 0.129. The maximum absolute atomic E-state index is 11.6. The second kappa shape index (κ2) is 5.10. The van der Waals surface area contributed by atoms with Crippen molar-refractivity contribution in [3.63, 3.8) is 0 Å². The van der Waals surface area contributed by atoms with Crippen molar-refractivity contribution >= 4 is 5.91 Å². The summed E-state index contributed by atoms with van der Waals surface area (Å²) >= 11 is 0. The molecule has 1 aromatic rings. The fraction of sp³-hybridized carbons (Fsp3) is 0.538. The van der Waals surface area contributed by atoms with E-state index in [1.807, 2.05) is 19.2 Å². The van der Waals surface area contributed by atoms with Crippen molar-refractivity contribution in [2.24, 2.45) is 0 Å². The Labute approximate surface area is 96.3 Å². The molecular formula is C13H18N2O. The Bertz CT molecular complexity index is 376. The van der Waals surface area contributed by atoms with Crippen molar-refractivity contribution in [1.29, 1.82) is 0 Å². The average molecular weight is 218 g/mol. The summed E-state index contributed by atoms with van der Waals surface area (Å²) in [4.78, 5) is 16.0. The van der Waals surface area contributed by atoms with Crippen LogP contribution in [0, 0.1) is 0 Å². The molecule has 2 rings (SSSR count). The Morgan fingerprint density at radius 1 is 1.62 bits per heavy atom. The first-order valence-electron chi connectivity index (χ1n) is 6.04. The molecule has 86 valence electrons. The molecule has 0 fully saturated rings. The van der Waals surface area contributed by atoms with Crippen molar-refractivity contribution in [3.05, 3.63) is 29.6 Å². The Hall–Kier alpha value is -1.38. The number of hydrogen-bond donors (Lipinski definition) is 1. The zero-order chi connectivity index (χ0) is 11.4. The number of carbonyl (C=O) groups is 1. The molecule has 1 N–H and O–H groups in total. The number of carbonyl (C=O) groups excluding carboxylic acids is 1. The third-order valence-electron chi connectivity index (χ3n) is 3.01. The minimum absolute atomic E-state index is 0.129. The number of aromatic nitrogens is 1. The highest BCUT2D eigenvalue weighted by Crippen LogP contribution is 2.27. The largest absolute Gasteiger partial charge is 0.348 e. The molecule has 0 spiro atoms. The summed E-state index contributed by atoms with van der Waals surface area (Å²) in [5, 5.41) is 3.07. The summed E-state index contributed by atoms with van der Waals surface area (Å²) in [7, 11) is 0. The monoisotopic (exact) mass is 218 g/mol. The molecule has 0 bridgehead atoms. The lowest BCUT2D eigenvalue weighted by Gasteiger charge is -2.25. The minimum Gasteiger partial charge on any atom is -0.348 e. The van der Waals surface area contributed by atoms with E-state index in [0.29, 0.717) is 6.42 Å². The van der Waals surface area contributed by atoms with E-state index < -0.39 is 0 Å². The van der Waals surface area contributed by atoms with Gasteiger partial charge >= 0.3 is 0 Å². The molecule has 1 amide bonds. The van der Waals surface area contributed by atoms with Crippen LogP contribution in [-0.2, 0) is 11.2 Å². The summed E-state index contributed by atoms with van der Waals surface area (Å²) in [5.41, 5.74) is 2.36. The van der Waals surface area contributed by atoms with Gasteiger partial charge in [0.15, 0.2) is 0 Å². The summed E-state index contributed by atoms with van der Waals surface area (Å²) < 4.78 is 0. The van der Waals surface area contributed by atoms with Gasteiger partial charge in [0.05, 0.1) is 11.7 Å². The molecule has 3 heteroatoms. The number of nitrogens with zero attached hydrogens (tertiary/aromatic N) is 1. The van der Waals surface area contributed by atoms with Gasteiger partial charge in [0.1, 0.15) is 0 Å². The van der Waals surface area contributed by atoms with Gasteiger partial charge in [0, 0.05) is 12.6 Å². The highest BCUT2D eigenvalue weighted by Gasteiger charge is 2.22. The number of hydrogen-bond acceptors (Lipinski definition) is 2. The Morgan fingerprint density at radius 2 is 2.50 bits per heavy atom. The van der Waals surface area contributed by atoms with E-state index in [4.69, 9.17) is 0 Å². The van der Waals surface area contributed by atoms with Gasteiger partial charge in [-0.2, -0.15) is 0 Å². The molecule has 1 aliphatic carbocycles. The average Bonchev–Trinajstić information content (AvgIpc) is 2.30. The molecule has 16 heavy (non-hydrogen) atoms. The van der Waals surface area contributed by atoms with Crippen LogP contribution in [0.15, 0.2) is 18.3 Å². The Morgan fingerprint density at radius 3 is 3.31 bits per heavy atom. The number of fused-ring (bicyclic) bond motifs is 1. The van der Waals surface area contributed by atoms with Gasteiger partial charge in [-0.1, -0.05) is 13.0 Å². The molecular weight excluding hydrogens is 200 g/mol. The Balaban J connectivity index is 2.10. The van der Waals surface area contributed by atoms with Crippen LogP contribution in [0.3, 0.4) is 0 Å². The molecule has 0 aliphatic heterocycles. The second-order valence-corrected chi connectivity index (χ2v) is 4.31. The number of pyridine rings is 1. The summed E-state index contributed by atoms with van der Waals surface area (Å²) in [5.74, 6) is 0.144. The van der Waals surface area contributed by atoms with Gasteiger partial charge in [0.25, 0.3) is 0 Å². The van der Waals surface area contributed by atoms with Gasteiger partial charge < -0.3 is 5.32 Å². The number of aryl methyl sites for hydroxylation is 1. The third-order valence-corrected chi connectivity index (χ3v) is 3.01. The molecule has 0 saturated heterocycles. The van der Waals surface area contributed by atoms with Crippen LogP contribution in [0.1, 0.15) is 49.9 Å². The quantitative estimate of drug-likeness (QED) is 0.846. The molecule has 0 radical (unpaired) electrons. The van der Waals surface area contributed by atoms with Crippen molar-refractivity contribution < 1.29 is 4.79 Å². The molecule has 1 aromatic heterocycles. The first kappa shape index (κ1) is 11.1. The summed E-state index contributed by atoms with van der Waals surface area (Å²) in [6, 6.07) is 4.21. The predicted molar refractivity (Wildman–Crippen MR) is 63.0 cm³/mol. The fourth-order valence-electron chi connectivity index (χ4n) is 2.24. The Kier molecular flexibility index (Phi) is 3.54. The lowest BCUT2D eigenvalue weighted by molar-refractivity contribution is -0.122. The zero-order valence-electron chi connectivity index (χ0n) is 9.70. The highest BCUT2D eigenvalue weighted by molar-refractivity contribution is 5.76. The third kappa shape index (κ3) is 2.40. The van der Waals surface area contributed by atoms with Gasteiger partial charge in [-0.3, -0.25) is 9.78 Å². The van der Waals surface area contributed by atoms with E-state index in [0.717, 1.165) is 31.4 Å². The molecule has 0 unspecified atom stereocenters. The highest BCUT2D eigenvalue weighted by atomic mass is 16.1. The summed E-state index contributed by atoms with van der Waals surface area (Å²) in [6.07, 6.45) is 6.55. The van der Waals surface area contributed by atoms with Gasteiger partial charge in [-0.25, -0.2) is 0 Å². The SMILES string of the molecule is CCCC(=O)N[C@@H]1CCCc2cccnc21. The van der Waals surface area contributed by atoms with Crippen LogP contribution in [0.25, 0.3) is 0 Å². The second-order valence-electron chi connectivity index (χ2n) is 4.31. The van der Waals surface area contributed by atoms with Crippen molar-refractivity contribution in [1.82, 2.24) is 10.3 Å². The first-order valence-corrected chi connectivity index (χ1v) is 6.04. The maximum Gasteiger partial charge on any atom is 0.220 e. The van der Waals surface area contributed by atoms with E-state index >= 15 is 0 Å². The lowest BCUT2D eigenvalue weighted by Crippen LogP contribution is -2.31. The van der Waals surface area contributed by atoms with E-state index in [1.54, 1.807) is 0 Å². The standard InChI is InChI=1S/C13H18N2O/c1-2-5-12(16)15-11-8-3-6-10-7-4-9-14-13(10)11/h4,7,9,11H,2-3,5-6,8H2,1H3,(H,15,16)/t11-/m1/s1. The smallest absolute Gasteiger partial charge is 0.220 e. The van der Waals surface area contributed by atoms with E-state index in [1.165, 1.54) is 5.56 Å². The first-order chi connectivity index (χ1) is 7.81. The summed E-state index contributed by atoms with van der Waals surface area (Å²) in [6.45, 7) is 2.02. The number of nitrogens with one attached hydrogen (secondary N) is 1. The van der Waals surface area contributed by atoms with E-state index in [9.17, 15) is 4.79 Å². The predicted octanol–water partition coefficient (Wildman–Crippen LogP) is 2.38. The van der Waals surface area contributed by atoms with Gasteiger partial charge in [-0.15, -0.1) is 0 Å². The van der Waals surface area contributed by atoms with Crippen molar-refractivity contribution in [3.8, 4) is 0 Å². The van der Waals surface area contributed by atoms with Crippen LogP contribution >= 0.6 is 0 Å². The van der Waals surface area contributed by atoms with Crippen LogP contribution in [0.4, 0.5) is 0 Å². The van der Waals surface area contributed by atoms with Gasteiger partial charge in [0.2, 0.25) is 5.91 Å². The normalized spacial score (nSPS) is 18.9. The maximum atomic E-state index is 11.6. The number of amides is 1. The topological polar surface area (TPSA) is 42.0 Å². The van der Waals surface area contributed by atoms with Crippen LogP contribution in [-0.4, -0.2) is 10.9 Å². The molecule has 0 saturated carbocycles. The molecule has 1 heterocycles. The molecule has 0 aromatic carbocycles. The van der Waals surface area contributed by atoms with E-state index in [2.05, 4.69) is 16.4 Å². The zero-order valence-corrected chi connectivity index (χ0v) is 9.70.